The molecule has 0 spiro atoms. The molecule has 0 aliphatic heterocycles. The Morgan fingerprint density at radius 1 is 1.11 bits per heavy atom. The Balaban J connectivity index is 1.74. The molecule has 1 aliphatic carbocycles. The van der Waals surface area contributed by atoms with Gasteiger partial charge >= 0.3 is 5.97 Å². The minimum atomic E-state index is -1.99. The third kappa shape index (κ3) is 7.60. The zero-order chi connectivity index (χ0) is 31.9. The predicted octanol–water partition coefficient (Wildman–Crippen LogP) is 9.40. The van der Waals surface area contributed by atoms with Crippen LogP contribution in [0, 0.1) is 5.92 Å². The molecule has 1 N–H and O–H groups in total. The van der Waals surface area contributed by atoms with E-state index in [2.05, 4.69) is 54.9 Å². The first-order valence-electron chi connectivity index (χ1n) is 15.7. The van der Waals surface area contributed by atoms with Crippen molar-refractivity contribution in [2.75, 3.05) is 34.0 Å². The molecule has 1 heterocycles. The zero-order valence-corrected chi connectivity index (χ0v) is 28.4. The number of ether oxygens (including phenoxy) is 3. The van der Waals surface area contributed by atoms with E-state index in [1.54, 1.807) is 7.11 Å². The lowest BCUT2D eigenvalue weighted by Crippen LogP contribution is -2.42. The molecule has 9 nitrogen and oxygen atoms in total. The van der Waals surface area contributed by atoms with Crippen molar-refractivity contribution >= 4 is 25.2 Å². The lowest BCUT2D eigenvalue weighted by Gasteiger charge is -2.37. The Morgan fingerprint density at radius 2 is 1.86 bits per heavy atom. The van der Waals surface area contributed by atoms with Crippen LogP contribution in [0.15, 0.2) is 41.5 Å². The van der Waals surface area contributed by atoms with Crippen LogP contribution < -0.4 is 9.47 Å². The first-order chi connectivity index (χ1) is 21.0. The number of benzene rings is 2. The second-order valence-corrected chi connectivity index (χ2v) is 18.1. The van der Waals surface area contributed by atoms with Crippen LogP contribution in [0.1, 0.15) is 81.1 Å². The second-order valence-electron chi connectivity index (χ2n) is 13.3. The molecule has 0 saturated heterocycles. The Bertz CT molecular complexity index is 1480. The number of aromatic amines is 1. The number of hydrogen-bond acceptors (Lipinski definition) is 6. The normalized spacial score (nSPS) is 15.1. The van der Waals surface area contributed by atoms with Gasteiger partial charge in [-0.2, -0.15) is 0 Å². The number of nitrogens with zero attached hydrogens (tertiary/aromatic N) is 3. The first kappa shape index (κ1) is 33.4. The van der Waals surface area contributed by atoms with Crippen molar-refractivity contribution in [1.82, 2.24) is 4.98 Å². The molecule has 0 amide bonds. The van der Waals surface area contributed by atoms with Gasteiger partial charge in [0.1, 0.15) is 0 Å². The highest BCUT2D eigenvalue weighted by Crippen LogP contribution is 2.47. The SMILES string of the molecule is COC(=O)c1ccc2c(C3CCCCC3)c(-c3cccc(OC)c3OC[C@H](CCN=[N+]=[N-])CO[Si](C)(C)C(C)(C)C)[nH]c2c1. The quantitative estimate of drug-likeness (QED) is 0.0671. The monoisotopic (exact) mass is 620 g/mol. The summed E-state index contributed by atoms with van der Waals surface area (Å²) < 4.78 is 24.1. The Kier molecular flexibility index (Phi) is 11.1. The fourth-order valence-corrected chi connectivity index (χ4v) is 6.84. The van der Waals surface area contributed by atoms with Gasteiger partial charge in [0.15, 0.2) is 19.8 Å². The predicted molar refractivity (Wildman–Crippen MR) is 178 cm³/mol. The summed E-state index contributed by atoms with van der Waals surface area (Å²) >= 11 is 0. The van der Waals surface area contributed by atoms with Crippen LogP contribution in [0.5, 0.6) is 11.5 Å². The number of H-pyrrole nitrogens is 1. The molecule has 10 heteroatoms. The van der Waals surface area contributed by atoms with E-state index >= 15 is 0 Å². The number of carbonyl (C=O) groups is 1. The molecular weight excluding hydrogens is 572 g/mol. The molecule has 0 unspecified atom stereocenters. The topological polar surface area (TPSA) is 119 Å². The average Bonchev–Trinajstić information content (AvgIpc) is 3.40. The van der Waals surface area contributed by atoms with E-state index < -0.39 is 8.32 Å². The maximum absolute atomic E-state index is 12.4. The van der Waals surface area contributed by atoms with E-state index in [0.717, 1.165) is 35.0 Å². The van der Waals surface area contributed by atoms with Gasteiger partial charge in [0.25, 0.3) is 0 Å². The van der Waals surface area contributed by atoms with Crippen LogP contribution in [0.2, 0.25) is 18.1 Å². The Morgan fingerprint density at radius 3 is 2.52 bits per heavy atom. The number of nitrogens with one attached hydrogen (secondary N) is 1. The average molecular weight is 621 g/mol. The minimum Gasteiger partial charge on any atom is -0.493 e. The van der Waals surface area contributed by atoms with Crippen LogP contribution in [0.3, 0.4) is 0 Å². The summed E-state index contributed by atoms with van der Waals surface area (Å²) in [5.41, 5.74) is 13.5. The lowest BCUT2D eigenvalue weighted by molar-refractivity contribution is 0.0601. The number of carbonyl (C=O) groups excluding carboxylic acids is 1. The molecule has 1 saturated carbocycles. The van der Waals surface area contributed by atoms with Gasteiger partial charge in [-0.3, -0.25) is 0 Å². The van der Waals surface area contributed by atoms with E-state index in [-0.39, 0.29) is 16.9 Å². The highest BCUT2D eigenvalue weighted by atomic mass is 28.4. The molecule has 4 rings (SSSR count). The summed E-state index contributed by atoms with van der Waals surface area (Å²) in [5.74, 6) is 1.36. The van der Waals surface area contributed by atoms with Crippen LogP contribution in [-0.4, -0.2) is 53.2 Å². The van der Waals surface area contributed by atoms with Crippen molar-refractivity contribution in [3.8, 4) is 22.8 Å². The standard InChI is InChI=1S/C34H48N4O5Si/c1-34(2,3)44(6,7)43-22-23(18-19-36-38-35)21-42-32-27(14-11-15-29(32)40-4)31-30(24-12-9-8-10-13-24)26-17-16-25(33(39)41-5)20-28(26)37-31/h11,14-17,20,23-24,37H,8-10,12-13,18-19,21-22H2,1-7H3/t23-/m0/s1. The molecule has 2 aromatic carbocycles. The van der Waals surface area contributed by atoms with Gasteiger partial charge in [0.2, 0.25) is 0 Å². The van der Waals surface area contributed by atoms with Crippen molar-refractivity contribution in [1.29, 1.82) is 0 Å². The van der Waals surface area contributed by atoms with Gasteiger partial charge < -0.3 is 23.6 Å². The number of para-hydroxylation sites is 1. The van der Waals surface area contributed by atoms with Crippen molar-refractivity contribution in [3.05, 3.63) is 58.0 Å². The molecule has 3 aromatic rings. The smallest absolute Gasteiger partial charge is 0.337 e. The minimum absolute atomic E-state index is 0.0236. The van der Waals surface area contributed by atoms with Crippen LogP contribution in [0.25, 0.3) is 32.6 Å². The van der Waals surface area contributed by atoms with Crippen LogP contribution in [-0.2, 0) is 9.16 Å². The van der Waals surface area contributed by atoms with E-state index in [0.29, 0.717) is 49.2 Å². The summed E-state index contributed by atoms with van der Waals surface area (Å²) in [7, 11) is 1.07. The number of esters is 1. The summed E-state index contributed by atoms with van der Waals surface area (Å²) in [6, 6.07) is 11.7. The zero-order valence-electron chi connectivity index (χ0n) is 27.4. The molecule has 44 heavy (non-hydrogen) atoms. The van der Waals surface area contributed by atoms with E-state index in [1.807, 2.05) is 30.3 Å². The van der Waals surface area contributed by atoms with Gasteiger partial charge in [-0.05, 0) is 78.7 Å². The van der Waals surface area contributed by atoms with E-state index in [9.17, 15) is 4.79 Å². The Labute approximate surface area is 262 Å². The highest BCUT2D eigenvalue weighted by Gasteiger charge is 2.37. The maximum Gasteiger partial charge on any atom is 0.337 e. The number of azide groups is 1. The Hall–Kier alpha value is -3.46. The van der Waals surface area contributed by atoms with E-state index in [1.165, 1.54) is 31.9 Å². The van der Waals surface area contributed by atoms with Gasteiger partial charge in [-0.25, -0.2) is 4.79 Å². The largest absolute Gasteiger partial charge is 0.493 e. The molecular formula is C34H48N4O5Si. The summed E-state index contributed by atoms with van der Waals surface area (Å²) in [6.45, 7) is 12.4. The number of aromatic nitrogens is 1. The summed E-state index contributed by atoms with van der Waals surface area (Å²) in [5, 5.41) is 4.99. The van der Waals surface area contributed by atoms with Crippen LogP contribution >= 0.6 is 0 Å². The number of rotatable bonds is 13. The van der Waals surface area contributed by atoms with Gasteiger partial charge in [-0.1, -0.05) is 57.3 Å². The maximum atomic E-state index is 12.4. The molecule has 1 fully saturated rings. The van der Waals surface area contributed by atoms with Crippen molar-refractivity contribution in [2.45, 2.75) is 83.3 Å². The number of fused-ring (bicyclic) bond motifs is 1. The summed E-state index contributed by atoms with van der Waals surface area (Å²) in [4.78, 5) is 19.0. The third-order valence-corrected chi connectivity index (χ3v) is 13.9. The third-order valence-electron chi connectivity index (χ3n) is 9.39. The molecule has 1 aromatic heterocycles. The molecule has 238 valence electrons. The first-order valence-corrected chi connectivity index (χ1v) is 18.6. The number of methoxy groups -OCH3 is 2. The van der Waals surface area contributed by atoms with Crippen molar-refractivity contribution in [2.24, 2.45) is 11.0 Å². The van der Waals surface area contributed by atoms with Crippen molar-refractivity contribution in [3.63, 3.8) is 0 Å². The summed E-state index contributed by atoms with van der Waals surface area (Å²) in [6.07, 6.45) is 6.52. The lowest BCUT2D eigenvalue weighted by atomic mass is 9.81. The molecule has 0 radical (unpaired) electrons. The fraction of sp³-hybridized carbons (Fsp3) is 0.559. The molecule has 0 bridgehead atoms. The molecule has 1 aliphatic rings. The number of hydrogen-bond donors (Lipinski definition) is 1. The highest BCUT2D eigenvalue weighted by molar-refractivity contribution is 6.74. The van der Waals surface area contributed by atoms with Crippen LogP contribution in [0.4, 0.5) is 0 Å². The van der Waals surface area contributed by atoms with Gasteiger partial charge in [0.05, 0.1) is 32.1 Å². The van der Waals surface area contributed by atoms with E-state index in [4.69, 9.17) is 24.2 Å². The second kappa shape index (κ2) is 14.5. The van der Waals surface area contributed by atoms with Crippen molar-refractivity contribution < 1.29 is 23.4 Å². The van der Waals surface area contributed by atoms with Gasteiger partial charge in [-0.15, -0.1) is 0 Å². The fourth-order valence-electron chi connectivity index (χ4n) is 5.76. The van der Waals surface area contributed by atoms with Gasteiger partial charge in [0, 0.05) is 40.4 Å². The molecule has 1 atom stereocenters.